The van der Waals surface area contributed by atoms with Gasteiger partial charge in [-0.2, -0.15) is 0 Å². The van der Waals surface area contributed by atoms with Gasteiger partial charge in [-0.15, -0.1) is 0 Å². The molecule has 0 saturated heterocycles. The van der Waals surface area contributed by atoms with Crippen molar-refractivity contribution in [1.29, 1.82) is 0 Å². The maximum atomic E-state index is 5.19. The summed E-state index contributed by atoms with van der Waals surface area (Å²) < 4.78 is 6.29. The Balaban J connectivity index is 2.48. The highest BCUT2D eigenvalue weighted by molar-refractivity contribution is 9.10. The van der Waals surface area contributed by atoms with Gasteiger partial charge in [0.15, 0.2) is 0 Å². The van der Waals surface area contributed by atoms with Crippen molar-refractivity contribution < 1.29 is 4.74 Å². The van der Waals surface area contributed by atoms with Crippen molar-refractivity contribution >= 4 is 22.0 Å². The molecule has 70 valence electrons. The lowest BCUT2D eigenvalue weighted by Gasteiger charge is -1.95. The number of hydrogen-bond donors (Lipinski definition) is 0. The van der Waals surface area contributed by atoms with Gasteiger partial charge >= 0.3 is 0 Å². The molecule has 2 heteroatoms. The first-order chi connectivity index (χ1) is 6.33. The van der Waals surface area contributed by atoms with Crippen molar-refractivity contribution in [3.05, 3.63) is 40.4 Å². The van der Waals surface area contributed by atoms with Crippen LogP contribution in [0.3, 0.4) is 0 Å². The van der Waals surface area contributed by atoms with E-state index in [0.29, 0.717) is 6.61 Å². The standard InChI is InChI=1S/C11H13BrO/c1-2-13-8-4-6-10-5-3-7-11(12)9-10/h3-7,9H,2,8H2,1H3. The zero-order valence-corrected chi connectivity index (χ0v) is 9.25. The minimum atomic E-state index is 0.684. The third-order valence-electron chi connectivity index (χ3n) is 1.58. The first-order valence-electron chi connectivity index (χ1n) is 4.33. The quantitative estimate of drug-likeness (QED) is 0.733. The largest absolute Gasteiger partial charge is 0.378 e. The molecule has 0 aromatic heterocycles. The monoisotopic (exact) mass is 240 g/mol. The fourth-order valence-corrected chi connectivity index (χ4v) is 1.40. The Labute approximate surface area is 87.5 Å². The van der Waals surface area contributed by atoms with Crippen LogP contribution in [0.5, 0.6) is 0 Å². The summed E-state index contributed by atoms with van der Waals surface area (Å²) in [6.07, 6.45) is 4.08. The molecule has 0 amide bonds. The molecule has 0 aliphatic rings. The smallest absolute Gasteiger partial charge is 0.0650 e. The van der Waals surface area contributed by atoms with E-state index in [1.807, 2.05) is 25.1 Å². The summed E-state index contributed by atoms with van der Waals surface area (Å²) in [7, 11) is 0. The average Bonchev–Trinajstić information content (AvgIpc) is 2.13. The van der Waals surface area contributed by atoms with Gasteiger partial charge in [-0.05, 0) is 24.6 Å². The Morgan fingerprint density at radius 1 is 1.46 bits per heavy atom. The first-order valence-corrected chi connectivity index (χ1v) is 5.12. The Morgan fingerprint density at radius 3 is 3.00 bits per heavy atom. The van der Waals surface area contributed by atoms with E-state index in [4.69, 9.17) is 4.74 Å². The molecule has 0 fully saturated rings. The van der Waals surface area contributed by atoms with Gasteiger partial charge in [-0.3, -0.25) is 0 Å². The van der Waals surface area contributed by atoms with Crippen molar-refractivity contribution in [3.8, 4) is 0 Å². The van der Waals surface area contributed by atoms with Crippen molar-refractivity contribution in [1.82, 2.24) is 0 Å². The van der Waals surface area contributed by atoms with Crippen LogP contribution in [-0.4, -0.2) is 13.2 Å². The Hall–Kier alpha value is -0.600. The van der Waals surface area contributed by atoms with Crippen molar-refractivity contribution in [2.45, 2.75) is 6.92 Å². The molecule has 1 aromatic carbocycles. The van der Waals surface area contributed by atoms with Gasteiger partial charge < -0.3 is 4.74 Å². The summed E-state index contributed by atoms with van der Waals surface area (Å²) in [5.74, 6) is 0. The summed E-state index contributed by atoms with van der Waals surface area (Å²) in [4.78, 5) is 0. The fourth-order valence-electron chi connectivity index (χ4n) is 0.980. The normalized spacial score (nSPS) is 10.9. The fraction of sp³-hybridized carbons (Fsp3) is 0.273. The number of halogens is 1. The lowest BCUT2D eigenvalue weighted by molar-refractivity contribution is 0.178. The van der Waals surface area contributed by atoms with Crippen LogP contribution < -0.4 is 0 Å². The molecule has 0 N–H and O–H groups in total. The van der Waals surface area contributed by atoms with Crippen molar-refractivity contribution in [2.75, 3.05) is 13.2 Å². The highest BCUT2D eigenvalue weighted by Gasteiger charge is 1.87. The Kier molecular flexibility index (Phi) is 4.79. The Bertz CT molecular complexity index is 281. The molecule has 0 saturated carbocycles. The third kappa shape index (κ3) is 4.25. The zero-order valence-electron chi connectivity index (χ0n) is 7.66. The van der Waals surface area contributed by atoms with Crippen LogP contribution in [0, 0.1) is 0 Å². The molecule has 1 rings (SSSR count). The number of benzene rings is 1. The van der Waals surface area contributed by atoms with Gasteiger partial charge in [0.05, 0.1) is 6.61 Å². The highest BCUT2D eigenvalue weighted by Crippen LogP contribution is 2.12. The van der Waals surface area contributed by atoms with Crippen molar-refractivity contribution in [2.24, 2.45) is 0 Å². The lowest BCUT2D eigenvalue weighted by atomic mass is 10.2. The van der Waals surface area contributed by atoms with Crippen LogP contribution in [0.1, 0.15) is 12.5 Å². The van der Waals surface area contributed by atoms with E-state index in [9.17, 15) is 0 Å². The van der Waals surface area contributed by atoms with E-state index in [2.05, 4.69) is 34.1 Å². The topological polar surface area (TPSA) is 9.23 Å². The Morgan fingerprint density at radius 2 is 2.31 bits per heavy atom. The molecular weight excluding hydrogens is 228 g/mol. The second kappa shape index (κ2) is 5.95. The molecule has 1 nitrogen and oxygen atoms in total. The zero-order chi connectivity index (χ0) is 9.52. The van der Waals surface area contributed by atoms with Crippen LogP contribution >= 0.6 is 15.9 Å². The molecule has 0 bridgehead atoms. The summed E-state index contributed by atoms with van der Waals surface area (Å²) >= 11 is 3.42. The van der Waals surface area contributed by atoms with Crippen molar-refractivity contribution in [3.63, 3.8) is 0 Å². The van der Waals surface area contributed by atoms with Gasteiger partial charge in [0, 0.05) is 11.1 Å². The van der Waals surface area contributed by atoms with E-state index < -0.39 is 0 Å². The van der Waals surface area contributed by atoms with E-state index in [1.54, 1.807) is 0 Å². The first kappa shape index (κ1) is 10.5. The number of hydrogen-bond acceptors (Lipinski definition) is 1. The molecule has 0 aliphatic heterocycles. The molecular formula is C11H13BrO. The molecule has 1 aromatic rings. The maximum absolute atomic E-state index is 5.19. The second-order valence-corrected chi connectivity index (χ2v) is 3.53. The maximum Gasteiger partial charge on any atom is 0.0650 e. The van der Waals surface area contributed by atoms with E-state index in [0.717, 1.165) is 11.1 Å². The molecule has 0 heterocycles. The van der Waals surface area contributed by atoms with Gasteiger partial charge in [0.25, 0.3) is 0 Å². The number of ether oxygens (including phenoxy) is 1. The van der Waals surface area contributed by atoms with Crippen LogP contribution in [-0.2, 0) is 4.74 Å². The van der Waals surface area contributed by atoms with Crippen LogP contribution in [0.2, 0.25) is 0 Å². The molecule has 0 atom stereocenters. The van der Waals surface area contributed by atoms with Gasteiger partial charge in [-0.25, -0.2) is 0 Å². The predicted octanol–water partition coefficient (Wildman–Crippen LogP) is 3.50. The SMILES string of the molecule is CCOCC=Cc1cccc(Br)c1. The minimum absolute atomic E-state index is 0.684. The summed E-state index contributed by atoms with van der Waals surface area (Å²) in [6, 6.07) is 8.17. The molecule has 0 spiro atoms. The minimum Gasteiger partial charge on any atom is -0.378 e. The lowest BCUT2D eigenvalue weighted by Crippen LogP contribution is -1.87. The highest BCUT2D eigenvalue weighted by atomic mass is 79.9. The summed E-state index contributed by atoms with van der Waals surface area (Å²) in [5.41, 5.74) is 1.19. The van der Waals surface area contributed by atoms with Crippen LogP contribution in [0.15, 0.2) is 34.8 Å². The molecule has 0 radical (unpaired) electrons. The van der Waals surface area contributed by atoms with E-state index >= 15 is 0 Å². The van der Waals surface area contributed by atoms with Gasteiger partial charge in [0.2, 0.25) is 0 Å². The van der Waals surface area contributed by atoms with Gasteiger partial charge in [0.1, 0.15) is 0 Å². The molecule has 13 heavy (non-hydrogen) atoms. The molecule has 0 unspecified atom stereocenters. The summed E-state index contributed by atoms with van der Waals surface area (Å²) in [5, 5.41) is 0. The van der Waals surface area contributed by atoms with Gasteiger partial charge in [-0.1, -0.05) is 40.2 Å². The van der Waals surface area contributed by atoms with E-state index in [-0.39, 0.29) is 0 Å². The summed E-state index contributed by atoms with van der Waals surface area (Å²) in [6.45, 7) is 3.44. The number of rotatable bonds is 4. The average molecular weight is 241 g/mol. The van der Waals surface area contributed by atoms with Crippen LogP contribution in [0.4, 0.5) is 0 Å². The third-order valence-corrected chi connectivity index (χ3v) is 2.07. The molecule has 0 aliphatic carbocycles. The van der Waals surface area contributed by atoms with E-state index in [1.165, 1.54) is 5.56 Å². The predicted molar refractivity (Wildman–Crippen MR) is 59.7 cm³/mol. The second-order valence-electron chi connectivity index (χ2n) is 2.62. The van der Waals surface area contributed by atoms with Crippen LogP contribution in [0.25, 0.3) is 6.08 Å².